The predicted molar refractivity (Wildman–Crippen MR) is 242 cm³/mol. The number of aliphatic hydroxyl groups excluding tert-OH is 1. The Labute approximate surface area is 373 Å². The molecule has 5 aliphatic heterocycles. The van der Waals surface area contributed by atoms with E-state index in [9.17, 15) is 25.3 Å². The van der Waals surface area contributed by atoms with Gasteiger partial charge in [0.25, 0.3) is 0 Å². The number of azide groups is 1. The Bertz CT molecular complexity index is 1660. The van der Waals surface area contributed by atoms with Gasteiger partial charge < -0.3 is 38.6 Å². The first-order valence-electron chi connectivity index (χ1n) is 24.1. The van der Waals surface area contributed by atoms with E-state index in [-0.39, 0.29) is 65.8 Å². The molecule has 0 unspecified atom stereocenters. The number of hydrogen-bond donors (Lipinski definition) is 2. The average molecular weight is 890 g/mol. The number of rotatable bonds is 16. The number of aliphatic hydroxyl groups is 2. The van der Waals surface area contributed by atoms with Crippen LogP contribution in [0.25, 0.3) is 10.4 Å². The minimum atomic E-state index is -1.39. The summed E-state index contributed by atoms with van der Waals surface area (Å²) in [6.07, 6.45) is 7.00. The summed E-state index contributed by atoms with van der Waals surface area (Å²) in [6.45, 7) is 29.0. The predicted octanol–water partition coefficient (Wildman–Crippen LogP) is 9.69. The van der Waals surface area contributed by atoms with Crippen LogP contribution in [0.1, 0.15) is 140 Å². The second kappa shape index (κ2) is 19.5. The molecule has 0 aliphatic carbocycles. The highest BCUT2D eigenvalue weighted by Crippen LogP contribution is 2.57. The lowest BCUT2D eigenvalue weighted by molar-refractivity contribution is -0.405. The van der Waals surface area contributed by atoms with Crippen LogP contribution in [-0.2, 0) is 38.0 Å². The lowest BCUT2D eigenvalue weighted by Crippen LogP contribution is -2.65. The summed E-state index contributed by atoms with van der Waals surface area (Å²) in [5.74, 6) is -4.98. The fourth-order valence-electron chi connectivity index (χ4n) is 11.4. The molecule has 0 aromatic rings. The summed E-state index contributed by atoms with van der Waals surface area (Å²) in [7, 11) is -1.36. The van der Waals surface area contributed by atoms with E-state index in [0.29, 0.717) is 58.0 Å². The molecule has 0 amide bonds. The molecule has 0 saturated carbocycles. The van der Waals surface area contributed by atoms with Crippen LogP contribution in [0.2, 0.25) is 25.7 Å². The van der Waals surface area contributed by atoms with E-state index in [2.05, 4.69) is 50.4 Å². The van der Waals surface area contributed by atoms with E-state index in [4.69, 9.17) is 28.4 Å². The molecule has 2 spiro atoms. The number of carbonyl (C=O) groups excluding carboxylic acids is 2. The van der Waals surface area contributed by atoms with E-state index in [1.807, 2.05) is 67.5 Å². The Balaban J connectivity index is 1.33. The zero-order valence-electron chi connectivity index (χ0n) is 40.6. The molecule has 0 aromatic carbocycles. The lowest BCUT2D eigenvalue weighted by Gasteiger charge is -2.56. The van der Waals surface area contributed by atoms with Gasteiger partial charge in [0.1, 0.15) is 11.3 Å². The molecular formula is C48H83N3O10Si. The summed E-state index contributed by atoms with van der Waals surface area (Å²) in [5.41, 5.74) is 6.90. The third kappa shape index (κ3) is 10.1. The number of Topliss-reactive ketones (excluding diaryl/α,β-unsaturated/α-hetero) is 1. The third-order valence-corrected chi connectivity index (χ3v) is 17.9. The SMILES string of the molecule is CC[C@@H](C(=O)[C@@H](C)[C@@H](O)[C@H](C)[C@@H]1O[C@@H]([C@@H](CC)C(=O)OCC[Si](C)(C)C)CC[C@@H]1C)[C@H]1O[C@]2(C=C[C@](C)(N=[N+]=[N-])[C@]3(CC[C@@](C)([C@H]4CC[C@](O)(CC)[C@H](C)O4)O3)O2)[C@H](C)C[C@@H]1C. The summed E-state index contributed by atoms with van der Waals surface area (Å²) in [5, 5.41) is 27.5. The van der Waals surface area contributed by atoms with Crippen LogP contribution in [0, 0.1) is 41.4 Å². The van der Waals surface area contributed by atoms with Crippen LogP contribution in [-0.4, -0.2) is 102 Å². The zero-order valence-corrected chi connectivity index (χ0v) is 41.6. The third-order valence-electron chi connectivity index (χ3n) is 16.2. The molecule has 2 N–H and O–H groups in total. The van der Waals surface area contributed by atoms with Gasteiger partial charge >= 0.3 is 5.97 Å². The minimum absolute atomic E-state index is 0.00665. The van der Waals surface area contributed by atoms with E-state index in [1.165, 1.54) is 0 Å². The Morgan fingerprint density at radius 1 is 0.919 bits per heavy atom. The van der Waals surface area contributed by atoms with Gasteiger partial charge in [-0.05, 0) is 108 Å². The number of carbonyl (C=O) groups is 2. The molecule has 62 heavy (non-hydrogen) atoms. The van der Waals surface area contributed by atoms with Crippen LogP contribution in [0.3, 0.4) is 0 Å². The van der Waals surface area contributed by atoms with E-state index in [0.717, 1.165) is 18.9 Å². The zero-order chi connectivity index (χ0) is 46.2. The Morgan fingerprint density at radius 2 is 1.60 bits per heavy atom. The van der Waals surface area contributed by atoms with Crippen molar-refractivity contribution in [2.24, 2.45) is 46.5 Å². The van der Waals surface area contributed by atoms with Gasteiger partial charge in [0, 0.05) is 43.1 Å². The molecule has 5 rings (SSSR count). The van der Waals surface area contributed by atoms with Crippen molar-refractivity contribution in [1.82, 2.24) is 0 Å². The van der Waals surface area contributed by atoms with Crippen molar-refractivity contribution in [2.45, 2.75) is 231 Å². The van der Waals surface area contributed by atoms with Crippen LogP contribution >= 0.6 is 0 Å². The van der Waals surface area contributed by atoms with Crippen molar-refractivity contribution in [3.8, 4) is 0 Å². The Kier molecular flexibility index (Phi) is 16.1. The molecule has 354 valence electrons. The minimum Gasteiger partial charge on any atom is -0.466 e. The molecule has 4 saturated heterocycles. The van der Waals surface area contributed by atoms with Gasteiger partial charge in [0.05, 0.1) is 60.4 Å². The average Bonchev–Trinajstić information content (AvgIpc) is 3.57. The summed E-state index contributed by atoms with van der Waals surface area (Å²) in [6, 6.07) is 0.913. The number of ketones is 1. The van der Waals surface area contributed by atoms with Crippen molar-refractivity contribution in [1.29, 1.82) is 0 Å². The highest BCUT2D eigenvalue weighted by atomic mass is 28.3. The number of nitrogens with zero attached hydrogens (tertiary/aromatic N) is 3. The molecule has 18 atom stereocenters. The number of ether oxygens (including phenoxy) is 6. The quantitative estimate of drug-likeness (QED) is 0.0379. The van der Waals surface area contributed by atoms with Gasteiger partial charge in [-0.15, -0.1) is 0 Å². The molecule has 4 fully saturated rings. The van der Waals surface area contributed by atoms with Crippen molar-refractivity contribution in [2.75, 3.05) is 6.61 Å². The molecule has 0 radical (unpaired) electrons. The standard InChI is InChI=1S/C48H83N3O10Si/c1-15-35(43(54)56-26-27-62(12,13)14)37-19-18-29(4)41(58-37)33(8)39(52)32(7)40(53)36(16-2)42-30(5)28-31(6)47(59-42)24-23-45(11,50-51-49)48(61-47)25-22-44(10,60-48)38-20-21-46(55,17-3)34(9)57-38/h23-24,29-39,41-42,52,55H,15-22,25-28H2,1-14H3/t29-,30-,31+,32-,33-,34-,35+,36-,37+,38+,39+,41+,42-,44-,45-,46+,47-,48-/m0/s1. The molecule has 14 heteroatoms. The first-order chi connectivity index (χ1) is 28.9. The van der Waals surface area contributed by atoms with Gasteiger partial charge in [-0.1, -0.05) is 86.2 Å². The van der Waals surface area contributed by atoms with Crippen LogP contribution in [0.5, 0.6) is 0 Å². The van der Waals surface area contributed by atoms with Gasteiger partial charge in [-0.3, -0.25) is 9.59 Å². The molecule has 0 aromatic heterocycles. The Morgan fingerprint density at radius 3 is 2.19 bits per heavy atom. The maximum Gasteiger partial charge on any atom is 0.311 e. The van der Waals surface area contributed by atoms with E-state index >= 15 is 0 Å². The monoisotopic (exact) mass is 890 g/mol. The van der Waals surface area contributed by atoms with Gasteiger partial charge in [0.2, 0.25) is 0 Å². The second-order valence-electron chi connectivity index (χ2n) is 21.9. The van der Waals surface area contributed by atoms with Crippen molar-refractivity contribution in [3.63, 3.8) is 0 Å². The second-order valence-corrected chi connectivity index (χ2v) is 27.5. The van der Waals surface area contributed by atoms with Crippen LogP contribution in [0.4, 0.5) is 0 Å². The molecule has 5 aliphatic rings. The van der Waals surface area contributed by atoms with Gasteiger partial charge in [0.15, 0.2) is 11.6 Å². The largest absolute Gasteiger partial charge is 0.466 e. The maximum absolute atomic E-state index is 14.7. The summed E-state index contributed by atoms with van der Waals surface area (Å²) >= 11 is 0. The van der Waals surface area contributed by atoms with Crippen molar-refractivity contribution < 1.29 is 48.2 Å². The highest BCUT2D eigenvalue weighted by Gasteiger charge is 2.66. The van der Waals surface area contributed by atoms with Crippen LogP contribution < -0.4 is 0 Å². The fourth-order valence-corrected chi connectivity index (χ4v) is 12.1. The number of hydrogen-bond acceptors (Lipinski definition) is 11. The van der Waals surface area contributed by atoms with Crippen molar-refractivity contribution >= 4 is 19.8 Å². The van der Waals surface area contributed by atoms with Crippen LogP contribution in [0.15, 0.2) is 17.3 Å². The summed E-state index contributed by atoms with van der Waals surface area (Å²) in [4.78, 5) is 31.3. The van der Waals surface area contributed by atoms with E-state index < -0.39 is 60.4 Å². The number of esters is 1. The molecule has 13 nitrogen and oxygen atoms in total. The first-order valence-corrected chi connectivity index (χ1v) is 27.8. The molecule has 5 heterocycles. The first kappa shape index (κ1) is 51.1. The smallest absolute Gasteiger partial charge is 0.311 e. The maximum atomic E-state index is 14.7. The topological polar surface area (TPSA) is 179 Å². The molecular weight excluding hydrogens is 807 g/mol. The molecule has 0 bridgehead atoms. The summed E-state index contributed by atoms with van der Waals surface area (Å²) < 4.78 is 40.4. The van der Waals surface area contributed by atoms with E-state index in [1.54, 1.807) is 0 Å². The van der Waals surface area contributed by atoms with Gasteiger partial charge in [-0.25, -0.2) is 0 Å². The van der Waals surface area contributed by atoms with Gasteiger partial charge in [-0.2, -0.15) is 0 Å². The van der Waals surface area contributed by atoms with Crippen molar-refractivity contribution in [3.05, 3.63) is 22.6 Å². The lowest BCUT2D eigenvalue weighted by atomic mass is 9.72. The Hall–Kier alpha value is -1.87. The highest BCUT2D eigenvalue weighted by molar-refractivity contribution is 6.76. The fraction of sp³-hybridized carbons (Fsp3) is 0.917. The normalized spacial score (nSPS) is 42.5.